The maximum absolute atomic E-state index is 12.1. The van der Waals surface area contributed by atoms with Crippen molar-refractivity contribution < 1.29 is 8.42 Å². The Bertz CT molecular complexity index is 509. The molecule has 0 aliphatic carbocycles. The first-order chi connectivity index (χ1) is 8.79. The van der Waals surface area contributed by atoms with Gasteiger partial charge in [-0.25, -0.2) is 13.1 Å². The van der Waals surface area contributed by atoms with Crippen molar-refractivity contribution in [1.29, 1.82) is 0 Å². The second kappa shape index (κ2) is 6.47. The quantitative estimate of drug-likeness (QED) is 0.644. The van der Waals surface area contributed by atoms with Gasteiger partial charge in [-0.15, -0.1) is 0 Å². The third kappa shape index (κ3) is 4.00. The summed E-state index contributed by atoms with van der Waals surface area (Å²) in [6, 6.07) is 0.372. The fourth-order valence-electron chi connectivity index (χ4n) is 1.58. The van der Waals surface area contributed by atoms with Gasteiger partial charge in [-0.3, -0.25) is 5.10 Å². The fraction of sp³-hybridized carbons (Fsp3) is 0.727. The van der Waals surface area contributed by atoms with E-state index >= 15 is 0 Å². The Hall–Kier alpha value is -0.960. The Morgan fingerprint density at radius 3 is 2.63 bits per heavy atom. The van der Waals surface area contributed by atoms with Crippen molar-refractivity contribution in [3.8, 4) is 0 Å². The Labute approximate surface area is 114 Å². The van der Waals surface area contributed by atoms with E-state index in [2.05, 4.69) is 33.7 Å². The fourth-order valence-corrected chi connectivity index (χ4v) is 2.80. The molecule has 0 saturated carbocycles. The number of aromatic nitrogens is 2. The predicted octanol–water partition coefficient (Wildman–Crippen LogP) is -0.205. The van der Waals surface area contributed by atoms with Crippen molar-refractivity contribution in [2.24, 2.45) is 5.73 Å². The number of nitrogens with one attached hydrogen (secondary N) is 2. The minimum Gasteiger partial charge on any atom is -0.326 e. The number of sulfonamides is 1. The zero-order valence-corrected chi connectivity index (χ0v) is 12.7. The minimum absolute atomic E-state index is 0.000278. The summed E-state index contributed by atoms with van der Waals surface area (Å²) >= 11 is 0. The summed E-state index contributed by atoms with van der Waals surface area (Å²) in [4.78, 5) is 2.06. The molecule has 1 aromatic rings. The molecule has 0 radical (unpaired) electrons. The van der Waals surface area contributed by atoms with Gasteiger partial charge in [-0.2, -0.15) is 5.10 Å². The second-order valence-electron chi connectivity index (χ2n) is 4.81. The summed E-state index contributed by atoms with van der Waals surface area (Å²) in [5.41, 5.74) is 6.76. The van der Waals surface area contributed by atoms with E-state index in [0.717, 1.165) is 0 Å². The largest absolute Gasteiger partial charge is 0.326 e. The molecule has 7 nitrogen and oxygen atoms in total. The highest BCUT2D eigenvalue weighted by atomic mass is 32.2. The van der Waals surface area contributed by atoms with E-state index in [1.54, 1.807) is 6.92 Å². The van der Waals surface area contributed by atoms with Gasteiger partial charge in [0.05, 0.1) is 0 Å². The van der Waals surface area contributed by atoms with Crippen molar-refractivity contribution >= 4 is 10.0 Å². The van der Waals surface area contributed by atoms with Crippen LogP contribution in [-0.2, 0) is 16.6 Å². The van der Waals surface area contributed by atoms with Crippen LogP contribution < -0.4 is 10.5 Å². The number of hydrogen-bond acceptors (Lipinski definition) is 5. The molecule has 0 aromatic carbocycles. The number of rotatable bonds is 7. The van der Waals surface area contributed by atoms with Gasteiger partial charge in [0, 0.05) is 36.9 Å². The molecule has 19 heavy (non-hydrogen) atoms. The highest BCUT2D eigenvalue weighted by Crippen LogP contribution is 2.14. The van der Waals surface area contributed by atoms with Crippen LogP contribution in [0.4, 0.5) is 0 Å². The second-order valence-corrected chi connectivity index (χ2v) is 6.49. The lowest BCUT2D eigenvalue weighted by Crippen LogP contribution is -2.36. The summed E-state index contributed by atoms with van der Waals surface area (Å²) in [5, 5.41) is 6.47. The van der Waals surface area contributed by atoms with Crippen LogP contribution >= 0.6 is 0 Å². The van der Waals surface area contributed by atoms with Crippen molar-refractivity contribution in [3.05, 3.63) is 11.3 Å². The Morgan fingerprint density at radius 2 is 2.11 bits per heavy atom. The van der Waals surface area contributed by atoms with Crippen LogP contribution in [-0.4, -0.2) is 49.7 Å². The van der Waals surface area contributed by atoms with E-state index in [1.807, 2.05) is 7.05 Å². The van der Waals surface area contributed by atoms with Gasteiger partial charge >= 0.3 is 0 Å². The molecule has 0 unspecified atom stereocenters. The first-order valence-electron chi connectivity index (χ1n) is 6.23. The normalized spacial score (nSPS) is 12.6. The van der Waals surface area contributed by atoms with Gasteiger partial charge in [0.25, 0.3) is 10.0 Å². The smallest absolute Gasteiger partial charge is 0.260 e. The molecular formula is C11H23N5O2S. The lowest BCUT2D eigenvalue weighted by molar-refractivity contribution is 0.278. The highest BCUT2D eigenvalue weighted by molar-refractivity contribution is 7.89. The number of likely N-dealkylation sites (N-methyl/N-ethyl adjacent to an activating group) is 1. The van der Waals surface area contributed by atoms with Crippen molar-refractivity contribution in [3.63, 3.8) is 0 Å². The third-order valence-electron chi connectivity index (χ3n) is 3.13. The molecule has 1 rings (SSSR count). The standard InChI is InChI=1S/C11H23N5O2S/c1-8(2)16(4)6-5-13-19(17,18)11-10(7-12)9(3)14-15-11/h8,13H,5-7,12H2,1-4H3,(H,14,15). The molecular weight excluding hydrogens is 266 g/mol. The van der Waals surface area contributed by atoms with Crippen molar-refractivity contribution in [2.45, 2.75) is 38.4 Å². The van der Waals surface area contributed by atoms with Crippen LogP contribution in [0.25, 0.3) is 0 Å². The highest BCUT2D eigenvalue weighted by Gasteiger charge is 2.22. The van der Waals surface area contributed by atoms with Gasteiger partial charge in [-0.05, 0) is 27.8 Å². The zero-order valence-electron chi connectivity index (χ0n) is 11.9. The maximum atomic E-state index is 12.1. The van der Waals surface area contributed by atoms with E-state index < -0.39 is 10.0 Å². The summed E-state index contributed by atoms with van der Waals surface area (Å²) in [6.07, 6.45) is 0. The van der Waals surface area contributed by atoms with Crippen LogP contribution in [0.3, 0.4) is 0 Å². The molecule has 0 bridgehead atoms. The van der Waals surface area contributed by atoms with E-state index in [0.29, 0.717) is 30.4 Å². The number of H-pyrrole nitrogens is 1. The van der Waals surface area contributed by atoms with Crippen molar-refractivity contribution in [1.82, 2.24) is 19.8 Å². The molecule has 1 aromatic heterocycles. The monoisotopic (exact) mass is 289 g/mol. The lowest BCUT2D eigenvalue weighted by atomic mass is 10.3. The van der Waals surface area contributed by atoms with E-state index in [-0.39, 0.29) is 11.6 Å². The molecule has 0 atom stereocenters. The molecule has 0 aliphatic heterocycles. The molecule has 0 aliphatic rings. The van der Waals surface area contributed by atoms with Gasteiger partial charge < -0.3 is 10.6 Å². The van der Waals surface area contributed by atoms with Gasteiger partial charge in [-0.1, -0.05) is 0 Å². The Morgan fingerprint density at radius 1 is 1.47 bits per heavy atom. The number of aromatic amines is 1. The zero-order chi connectivity index (χ0) is 14.6. The first kappa shape index (κ1) is 16.1. The van der Waals surface area contributed by atoms with E-state index in [9.17, 15) is 8.42 Å². The lowest BCUT2D eigenvalue weighted by Gasteiger charge is -2.20. The van der Waals surface area contributed by atoms with Crippen molar-refractivity contribution in [2.75, 3.05) is 20.1 Å². The molecule has 4 N–H and O–H groups in total. The van der Waals surface area contributed by atoms with Gasteiger partial charge in [0.15, 0.2) is 5.03 Å². The Kier molecular flexibility index (Phi) is 5.48. The average molecular weight is 289 g/mol. The van der Waals surface area contributed by atoms with Gasteiger partial charge in [0.2, 0.25) is 0 Å². The Balaban J connectivity index is 2.71. The van der Waals surface area contributed by atoms with Crippen LogP contribution in [0, 0.1) is 6.92 Å². The molecule has 110 valence electrons. The number of nitrogens with two attached hydrogens (primary N) is 1. The van der Waals surface area contributed by atoms with Crippen LogP contribution in [0.5, 0.6) is 0 Å². The van der Waals surface area contributed by atoms with E-state index in [4.69, 9.17) is 5.73 Å². The van der Waals surface area contributed by atoms with E-state index in [1.165, 1.54) is 0 Å². The summed E-state index contributed by atoms with van der Waals surface area (Å²) in [7, 11) is -1.66. The molecule has 1 heterocycles. The molecule has 0 saturated heterocycles. The summed E-state index contributed by atoms with van der Waals surface area (Å²) in [6.45, 7) is 6.98. The summed E-state index contributed by atoms with van der Waals surface area (Å²) < 4.78 is 26.8. The van der Waals surface area contributed by atoms with Crippen LogP contribution in [0.1, 0.15) is 25.1 Å². The summed E-state index contributed by atoms with van der Waals surface area (Å²) in [5.74, 6) is 0. The molecule has 0 fully saturated rings. The number of nitrogens with zero attached hydrogens (tertiary/aromatic N) is 2. The minimum atomic E-state index is -3.60. The number of hydrogen-bond donors (Lipinski definition) is 3. The topological polar surface area (TPSA) is 104 Å². The molecule has 0 amide bonds. The maximum Gasteiger partial charge on any atom is 0.260 e. The van der Waals surface area contributed by atoms with Gasteiger partial charge in [0.1, 0.15) is 0 Å². The third-order valence-corrected chi connectivity index (χ3v) is 4.56. The average Bonchev–Trinajstić information content (AvgIpc) is 2.70. The number of aryl methyl sites for hydroxylation is 1. The predicted molar refractivity (Wildman–Crippen MR) is 74.2 cm³/mol. The molecule has 8 heteroatoms. The van der Waals surface area contributed by atoms with Crippen LogP contribution in [0.2, 0.25) is 0 Å². The SMILES string of the molecule is Cc1[nH]nc(S(=O)(=O)NCCN(C)C(C)C)c1CN. The molecule has 0 spiro atoms. The van der Waals surface area contributed by atoms with Crippen LogP contribution in [0.15, 0.2) is 5.03 Å². The first-order valence-corrected chi connectivity index (χ1v) is 7.71.